The van der Waals surface area contributed by atoms with E-state index < -0.39 is 0 Å². The number of para-hydroxylation sites is 1. The van der Waals surface area contributed by atoms with E-state index in [9.17, 15) is 9.59 Å². The molecule has 8 nitrogen and oxygen atoms in total. The molecule has 8 heteroatoms. The van der Waals surface area contributed by atoms with Gasteiger partial charge in [0.1, 0.15) is 11.3 Å². The van der Waals surface area contributed by atoms with Crippen molar-refractivity contribution < 1.29 is 23.4 Å². The number of anilines is 1. The molecule has 3 aromatic rings. The van der Waals surface area contributed by atoms with Crippen LogP contribution in [0.2, 0.25) is 0 Å². The van der Waals surface area contributed by atoms with Crippen LogP contribution >= 0.6 is 0 Å². The van der Waals surface area contributed by atoms with Gasteiger partial charge in [0.15, 0.2) is 16.9 Å². The third kappa shape index (κ3) is 4.87. The van der Waals surface area contributed by atoms with Gasteiger partial charge in [-0.05, 0) is 49.6 Å². The van der Waals surface area contributed by atoms with Gasteiger partial charge in [-0.1, -0.05) is 12.1 Å². The van der Waals surface area contributed by atoms with Crippen LogP contribution in [0.15, 0.2) is 45.6 Å². The summed E-state index contributed by atoms with van der Waals surface area (Å²) < 4.78 is 22.9. The van der Waals surface area contributed by atoms with Crippen LogP contribution in [-0.2, 0) is 16.0 Å². The first-order chi connectivity index (χ1) is 17.6. The summed E-state index contributed by atoms with van der Waals surface area (Å²) in [6.07, 6.45) is 3.30. The number of hydrogen-bond acceptors (Lipinski definition) is 7. The summed E-state index contributed by atoms with van der Waals surface area (Å²) in [7, 11) is 1.62. The topological polar surface area (TPSA) is 90.2 Å². The first-order valence-electron chi connectivity index (χ1n) is 12.3. The van der Waals surface area contributed by atoms with Crippen molar-refractivity contribution in [2.45, 2.75) is 19.8 Å². The standard InChI is InChI=1S/C28H30N2O6/c1-3-35-23-6-4-5-18(28(23)33-2)15-19-7-9-22-26(32)21-10-8-20(16-24(21)36-27(19)22)29-25(31)17-30-11-13-34-14-12-30/h4-6,8,10,15-16H,3,7,9,11-14,17H2,1-2H3,(H,29,31). The number of allylic oxidation sites excluding steroid dienone is 1. The van der Waals surface area contributed by atoms with E-state index >= 15 is 0 Å². The maximum Gasteiger partial charge on any atom is 0.238 e. The molecular formula is C28H30N2O6. The number of ether oxygens (including phenoxy) is 3. The van der Waals surface area contributed by atoms with Crippen molar-refractivity contribution in [1.82, 2.24) is 4.90 Å². The van der Waals surface area contributed by atoms with Crippen LogP contribution in [0.5, 0.6) is 11.5 Å². The highest BCUT2D eigenvalue weighted by Crippen LogP contribution is 2.38. The molecule has 0 bridgehead atoms. The van der Waals surface area contributed by atoms with Gasteiger partial charge in [-0.2, -0.15) is 0 Å². The Morgan fingerprint density at radius 2 is 2.00 bits per heavy atom. The van der Waals surface area contributed by atoms with Gasteiger partial charge in [-0.15, -0.1) is 0 Å². The Balaban J connectivity index is 1.45. The van der Waals surface area contributed by atoms with Crippen LogP contribution < -0.4 is 20.2 Å². The van der Waals surface area contributed by atoms with E-state index in [1.807, 2.05) is 31.2 Å². The summed E-state index contributed by atoms with van der Waals surface area (Å²) in [5.74, 6) is 1.80. The number of rotatable bonds is 7. The van der Waals surface area contributed by atoms with E-state index in [1.165, 1.54) is 0 Å². The quantitative estimate of drug-likeness (QED) is 0.536. The number of methoxy groups -OCH3 is 1. The summed E-state index contributed by atoms with van der Waals surface area (Å²) in [5.41, 5.74) is 3.48. The highest BCUT2D eigenvalue weighted by Gasteiger charge is 2.25. The number of carbonyl (C=O) groups excluding carboxylic acids is 1. The Morgan fingerprint density at radius 1 is 1.17 bits per heavy atom. The molecule has 1 aliphatic carbocycles. The summed E-state index contributed by atoms with van der Waals surface area (Å²) in [5, 5.41) is 3.44. The van der Waals surface area contributed by atoms with Gasteiger partial charge < -0.3 is 23.9 Å². The molecule has 0 spiro atoms. The molecular weight excluding hydrogens is 460 g/mol. The molecule has 36 heavy (non-hydrogen) atoms. The van der Waals surface area contributed by atoms with Crippen LogP contribution in [0, 0.1) is 0 Å². The van der Waals surface area contributed by atoms with Gasteiger partial charge >= 0.3 is 0 Å². The molecule has 1 aromatic heterocycles. The number of benzene rings is 2. The summed E-state index contributed by atoms with van der Waals surface area (Å²) in [6, 6.07) is 10.9. The molecule has 1 fully saturated rings. The molecule has 2 heterocycles. The molecule has 0 atom stereocenters. The zero-order valence-electron chi connectivity index (χ0n) is 20.6. The average molecular weight is 491 g/mol. The summed E-state index contributed by atoms with van der Waals surface area (Å²) >= 11 is 0. The molecule has 0 unspecified atom stereocenters. The van der Waals surface area contributed by atoms with Gasteiger partial charge in [0.25, 0.3) is 0 Å². The van der Waals surface area contributed by atoms with E-state index in [2.05, 4.69) is 10.2 Å². The lowest BCUT2D eigenvalue weighted by atomic mass is 10.1. The van der Waals surface area contributed by atoms with E-state index in [4.69, 9.17) is 18.6 Å². The number of amides is 1. The Bertz CT molecular complexity index is 1370. The molecule has 1 N–H and O–H groups in total. The minimum Gasteiger partial charge on any atom is -0.492 e. The predicted octanol–water partition coefficient (Wildman–Crippen LogP) is 3.96. The highest BCUT2D eigenvalue weighted by molar-refractivity contribution is 5.95. The first kappa shape index (κ1) is 24.1. The number of nitrogens with zero attached hydrogens (tertiary/aromatic N) is 1. The smallest absolute Gasteiger partial charge is 0.238 e. The Morgan fingerprint density at radius 3 is 2.78 bits per heavy atom. The van der Waals surface area contributed by atoms with E-state index in [0.29, 0.717) is 78.7 Å². The molecule has 188 valence electrons. The molecule has 2 aliphatic rings. The van der Waals surface area contributed by atoms with Crippen molar-refractivity contribution in [3.8, 4) is 11.5 Å². The molecule has 1 saturated heterocycles. The maximum absolute atomic E-state index is 13.2. The molecule has 0 saturated carbocycles. The molecule has 0 radical (unpaired) electrons. The third-order valence-corrected chi connectivity index (χ3v) is 6.52. The fourth-order valence-corrected chi connectivity index (χ4v) is 4.79. The molecule has 1 amide bonds. The normalized spacial score (nSPS) is 16.8. The largest absolute Gasteiger partial charge is 0.492 e. The number of fused-ring (bicyclic) bond motifs is 2. The monoisotopic (exact) mass is 490 g/mol. The Kier molecular flexibility index (Phi) is 7.06. The van der Waals surface area contributed by atoms with Gasteiger partial charge in [-0.25, -0.2) is 0 Å². The second kappa shape index (κ2) is 10.6. The zero-order chi connectivity index (χ0) is 25.1. The maximum atomic E-state index is 13.2. The van der Waals surface area contributed by atoms with Crippen molar-refractivity contribution in [2.75, 3.05) is 51.9 Å². The molecule has 2 aromatic carbocycles. The van der Waals surface area contributed by atoms with Crippen molar-refractivity contribution >= 4 is 34.2 Å². The lowest BCUT2D eigenvalue weighted by molar-refractivity contribution is -0.118. The number of carbonyl (C=O) groups is 1. The van der Waals surface area contributed by atoms with Crippen LogP contribution in [-0.4, -0.2) is 57.4 Å². The predicted molar refractivity (Wildman–Crippen MR) is 139 cm³/mol. The van der Waals surface area contributed by atoms with Crippen molar-refractivity contribution in [2.24, 2.45) is 0 Å². The minimum absolute atomic E-state index is 0.0316. The summed E-state index contributed by atoms with van der Waals surface area (Å²) in [6.45, 7) is 5.50. The van der Waals surface area contributed by atoms with Crippen molar-refractivity contribution in [1.29, 1.82) is 0 Å². The average Bonchev–Trinajstić information content (AvgIpc) is 3.27. The fourth-order valence-electron chi connectivity index (χ4n) is 4.79. The highest BCUT2D eigenvalue weighted by atomic mass is 16.5. The minimum atomic E-state index is -0.110. The lowest BCUT2D eigenvalue weighted by Crippen LogP contribution is -2.41. The van der Waals surface area contributed by atoms with Crippen LogP contribution in [0.4, 0.5) is 5.69 Å². The van der Waals surface area contributed by atoms with Crippen molar-refractivity contribution in [3.05, 3.63) is 63.5 Å². The lowest BCUT2D eigenvalue weighted by Gasteiger charge is -2.25. The fraction of sp³-hybridized carbons (Fsp3) is 0.357. The van der Waals surface area contributed by atoms with E-state index in [1.54, 1.807) is 25.3 Å². The summed E-state index contributed by atoms with van der Waals surface area (Å²) in [4.78, 5) is 27.8. The molecule has 1 aliphatic heterocycles. The van der Waals surface area contributed by atoms with Crippen LogP contribution in [0.1, 0.15) is 30.2 Å². The number of nitrogens with one attached hydrogen (secondary N) is 1. The van der Waals surface area contributed by atoms with E-state index in [0.717, 1.165) is 24.2 Å². The van der Waals surface area contributed by atoms with Gasteiger partial charge in [0, 0.05) is 36.0 Å². The van der Waals surface area contributed by atoms with Gasteiger partial charge in [0.05, 0.1) is 38.9 Å². The van der Waals surface area contributed by atoms with Gasteiger partial charge in [0.2, 0.25) is 5.91 Å². The van der Waals surface area contributed by atoms with Crippen LogP contribution in [0.3, 0.4) is 0 Å². The zero-order valence-corrected chi connectivity index (χ0v) is 20.6. The van der Waals surface area contributed by atoms with Gasteiger partial charge in [-0.3, -0.25) is 14.5 Å². The van der Waals surface area contributed by atoms with Crippen molar-refractivity contribution in [3.63, 3.8) is 0 Å². The Hall–Kier alpha value is -3.62. The Labute approximate surface area is 209 Å². The number of hydrogen-bond donors (Lipinski definition) is 1. The SMILES string of the molecule is CCOc1cccc(C=C2CCc3c2oc2cc(NC(=O)CN4CCOCC4)ccc2c3=O)c1OC. The third-order valence-electron chi connectivity index (χ3n) is 6.52. The first-order valence-corrected chi connectivity index (χ1v) is 12.3. The van der Waals surface area contributed by atoms with E-state index in [-0.39, 0.29) is 11.3 Å². The molecule has 5 rings (SSSR count). The number of morpholine rings is 1. The second-order valence-corrected chi connectivity index (χ2v) is 8.87. The second-order valence-electron chi connectivity index (χ2n) is 8.87. The van der Waals surface area contributed by atoms with Crippen LogP contribution in [0.25, 0.3) is 22.6 Å².